The van der Waals surface area contributed by atoms with Gasteiger partial charge in [0, 0.05) is 27.7 Å². The number of fused-ring (bicyclic) bond motifs is 1. The van der Waals surface area contributed by atoms with Crippen LogP contribution in [0.2, 0.25) is 10.0 Å². The Kier molecular flexibility index (Phi) is 10.0. The number of nitrogens with zero attached hydrogens (tertiary/aromatic N) is 2. The summed E-state index contributed by atoms with van der Waals surface area (Å²) in [6, 6.07) is 15.3. The van der Waals surface area contributed by atoms with Crippen molar-refractivity contribution in [1.29, 1.82) is 0 Å². The van der Waals surface area contributed by atoms with E-state index in [1.807, 2.05) is 0 Å². The van der Waals surface area contributed by atoms with Gasteiger partial charge in [0.05, 0.1) is 23.5 Å². The van der Waals surface area contributed by atoms with E-state index >= 15 is 0 Å². The average molecular weight is 596 g/mol. The topological polar surface area (TPSA) is 140 Å². The molecule has 0 aromatic heterocycles. The maximum atomic E-state index is 13.4. The minimum atomic E-state index is -4.63. The number of carbonyl (C=O) groups excluding carboxylic acids is 1. The number of benzene rings is 4. The summed E-state index contributed by atoms with van der Waals surface area (Å²) in [7, 11) is -3.17. The predicted octanol–water partition coefficient (Wildman–Crippen LogP) is 3.71. The first-order valence-corrected chi connectivity index (χ1v) is 13.3. The number of carbonyl (C=O) groups is 1. The number of amides is 1. The van der Waals surface area contributed by atoms with E-state index in [2.05, 4.69) is 15.5 Å². The Morgan fingerprint density at radius 1 is 1.08 bits per heavy atom. The van der Waals surface area contributed by atoms with Gasteiger partial charge in [-0.3, -0.25) is 9.35 Å². The van der Waals surface area contributed by atoms with Gasteiger partial charge >= 0.3 is 29.6 Å². The third-order valence-electron chi connectivity index (χ3n) is 5.63. The molecule has 1 amide bonds. The molecule has 39 heavy (non-hydrogen) atoms. The third-order valence-corrected chi connectivity index (χ3v) is 7.17. The second-order valence-corrected chi connectivity index (χ2v) is 10.3. The largest absolute Gasteiger partial charge is 1.00 e. The minimum Gasteiger partial charge on any atom is -0.870 e. The van der Waals surface area contributed by atoms with E-state index in [-0.39, 0.29) is 51.5 Å². The summed E-state index contributed by atoms with van der Waals surface area (Å²) in [5.41, 5.74) is 0.631. The Hall–Kier alpha value is -2.70. The number of halogens is 2. The van der Waals surface area contributed by atoms with E-state index in [1.165, 1.54) is 25.3 Å². The van der Waals surface area contributed by atoms with Crippen LogP contribution in [0.4, 0.5) is 17.1 Å². The quantitative estimate of drug-likeness (QED) is 0.189. The number of hydrogen-bond acceptors (Lipinski definition) is 7. The Bertz CT molecular complexity index is 1710. The first-order valence-electron chi connectivity index (χ1n) is 11.1. The standard InChI is InChI=1S/C26H21Cl2N3O6S.Na/c1-3-14-9-21(28)23(38(34,35)36)13-22(14)30-31-24-19-7-5-4-6-15(19)8-20(25(24)32)26(33)29-17-10-16(27)11-18(12-17)37-2;/h4-13,32H,3H2,1-2H3,(H,29,33)(H,34,35,36);/q;+1/p-1. The molecule has 0 aliphatic heterocycles. The molecule has 0 saturated heterocycles. The summed E-state index contributed by atoms with van der Waals surface area (Å²) < 4.78 is 38.1. The Morgan fingerprint density at radius 3 is 2.46 bits per heavy atom. The molecular formula is C26H20Cl2N3NaO6S. The van der Waals surface area contributed by atoms with Gasteiger partial charge in [-0.15, -0.1) is 0 Å². The zero-order valence-corrected chi connectivity index (χ0v) is 25.4. The molecule has 0 atom stereocenters. The average Bonchev–Trinajstić information content (AvgIpc) is 2.87. The second kappa shape index (κ2) is 12.6. The Labute approximate surface area is 256 Å². The van der Waals surface area contributed by atoms with Gasteiger partial charge in [-0.2, -0.15) is 18.6 Å². The predicted molar refractivity (Wildman–Crippen MR) is 144 cm³/mol. The fourth-order valence-electron chi connectivity index (χ4n) is 3.79. The molecule has 4 rings (SSSR count). The minimum absolute atomic E-state index is 0. The van der Waals surface area contributed by atoms with Crippen LogP contribution in [0.25, 0.3) is 10.8 Å². The van der Waals surface area contributed by atoms with Crippen molar-refractivity contribution in [3.63, 3.8) is 0 Å². The molecule has 196 valence electrons. The molecular weight excluding hydrogens is 576 g/mol. The molecule has 0 radical (unpaired) electrons. The number of hydrogen-bond donors (Lipinski definition) is 2. The van der Waals surface area contributed by atoms with Crippen molar-refractivity contribution in [2.24, 2.45) is 10.2 Å². The summed E-state index contributed by atoms with van der Waals surface area (Å²) in [4.78, 5) is 12.6. The van der Waals surface area contributed by atoms with Gasteiger partial charge in [0.2, 0.25) is 0 Å². The van der Waals surface area contributed by atoms with Crippen LogP contribution in [0.1, 0.15) is 22.8 Å². The fourth-order valence-corrected chi connectivity index (χ4v) is 5.06. The van der Waals surface area contributed by atoms with Crippen LogP contribution in [0, 0.1) is 0 Å². The molecule has 0 unspecified atom stereocenters. The molecule has 0 heterocycles. The first-order chi connectivity index (χ1) is 18.0. The Balaban J connectivity index is 0.00000420. The van der Waals surface area contributed by atoms with Crippen LogP contribution < -0.4 is 44.7 Å². The molecule has 0 spiro atoms. The number of methoxy groups -OCH3 is 1. The maximum absolute atomic E-state index is 13.4. The SMILES string of the molecule is CCc1cc(Cl)c(S(=O)(=O)O)cc1N=Nc1c([O-])c(C(=O)Nc2cc(Cl)cc(OC)c2)cc2ccccc12.[Na+]. The summed E-state index contributed by atoms with van der Waals surface area (Å²) in [5, 5.41) is 25.5. The van der Waals surface area contributed by atoms with E-state index in [0.29, 0.717) is 39.2 Å². The van der Waals surface area contributed by atoms with Crippen molar-refractivity contribution in [2.45, 2.75) is 18.2 Å². The van der Waals surface area contributed by atoms with Crippen molar-refractivity contribution in [3.05, 3.63) is 81.8 Å². The van der Waals surface area contributed by atoms with Gasteiger partial charge < -0.3 is 15.2 Å². The van der Waals surface area contributed by atoms with E-state index in [1.54, 1.807) is 43.3 Å². The van der Waals surface area contributed by atoms with Crippen molar-refractivity contribution in [3.8, 4) is 11.5 Å². The molecule has 4 aromatic rings. The number of aryl methyl sites for hydroxylation is 1. The molecule has 13 heteroatoms. The maximum Gasteiger partial charge on any atom is 1.00 e. The van der Waals surface area contributed by atoms with Crippen LogP contribution in [0.3, 0.4) is 0 Å². The van der Waals surface area contributed by atoms with Gasteiger partial charge in [-0.25, -0.2) is 0 Å². The fraction of sp³-hybridized carbons (Fsp3) is 0.115. The van der Waals surface area contributed by atoms with E-state index in [0.717, 1.165) is 6.07 Å². The van der Waals surface area contributed by atoms with E-state index < -0.39 is 26.7 Å². The van der Waals surface area contributed by atoms with Crippen molar-refractivity contribution in [2.75, 3.05) is 12.4 Å². The normalized spacial score (nSPS) is 11.4. The summed E-state index contributed by atoms with van der Waals surface area (Å²) >= 11 is 12.1. The van der Waals surface area contributed by atoms with Crippen molar-refractivity contribution < 1.29 is 57.2 Å². The number of azo groups is 1. The van der Waals surface area contributed by atoms with Gasteiger partial charge in [-0.05, 0) is 47.7 Å². The van der Waals surface area contributed by atoms with Crippen LogP contribution in [-0.4, -0.2) is 26.0 Å². The molecule has 2 N–H and O–H groups in total. The van der Waals surface area contributed by atoms with Gasteiger partial charge in [0.1, 0.15) is 10.6 Å². The molecule has 0 saturated carbocycles. The zero-order chi connectivity index (χ0) is 27.6. The van der Waals surface area contributed by atoms with Crippen LogP contribution in [0.15, 0.2) is 75.8 Å². The zero-order valence-electron chi connectivity index (χ0n) is 21.0. The number of nitrogens with one attached hydrogen (secondary N) is 1. The number of rotatable bonds is 7. The van der Waals surface area contributed by atoms with E-state index in [4.69, 9.17) is 27.9 Å². The van der Waals surface area contributed by atoms with E-state index in [9.17, 15) is 22.9 Å². The molecule has 0 aliphatic rings. The number of ether oxygens (including phenoxy) is 1. The summed E-state index contributed by atoms with van der Waals surface area (Å²) in [5.74, 6) is -0.973. The van der Waals surface area contributed by atoms with Gasteiger partial charge in [0.15, 0.2) is 0 Å². The molecule has 9 nitrogen and oxygen atoms in total. The number of anilines is 1. The molecule has 0 aliphatic carbocycles. The monoisotopic (exact) mass is 595 g/mol. The van der Waals surface area contributed by atoms with Crippen molar-refractivity contribution >= 4 is 67.1 Å². The van der Waals surface area contributed by atoms with Crippen LogP contribution >= 0.6 is 23.2 Å². The van der Waals surface area contributed by atoms with Gasteiger partial charge in [-0.1, -0.05) is 60.1 Å². The summed E-state index contributed by atoms with van der Waals surface area (Å²) in [6.07, 6.45) is 0.413. The molecule has 0 fully saturated rings. The Morgan fingerprint density at radius 2 is 1.79 bits per heavy atom. The molecule has 0 bridgehead atoms. The van der Waals surface area contributed by atoms with Crippen LogP contribution in [0.5, 0.6) is 11.5 Å². The van der Waals surface area contributed by atoms with Crippen molar-refractivity contribution in [1.82, 2.24) is 0 Å². The smallest absolute Gasteiger partial charge is 0.870 e. The second-order valence-electron chi connectivity index (χ2n) is 8.10. The summed E-state index contributed by atoms with van der Waals surface area (Å²) in [6.45, 7) is 1.79. The van der Waals surface area contributed by atoms with Gasteiger partial charge in [0.25, 0.3) is 16.0 Å². The van der Waals surface area contributed by atoms with Crippen LogP contribution in [-0.2, 0) is 16.5 Å². The molecule has 4 aromatic carbocycles. The third kappa shape index (κ3) is 6.90. The first kappa shape index (κ1) is 30.8.